The largest absolute Gasteiger partial charge is 0.383 e. The topological polar surface area (TPSA) is 78.9 Å². The van der Waals surface area contributed by atoms with E-state index in [4.69, 9.17) is 20.4 Å². The lowest BCUT2D eigenvalue weighted by Crippen LogP contribution is -2.08. The summed E-state index contributed by atoms with van der Waals surface area (Å²) in [5.41, 5.74) is 9.94. The van der Waals surface area contributed by atoms with Crippen molar-refractivity contribution in [2.24, 2.45) is 0 Å². The maximum absolute atomic E-state index is 6.33. The van der Waals surface area contributed by atoms with Gasteiger partial charge in [0.1, 0.15) is 16.5 Å². The molecule has 1 aliphatic carbocycles. The van der Waals surface area contributed by atoms with Crippen LogP contribution >= 0.6 is 23.1 Å². The minimum atomic E-state index is 0.630. The molecule has 2 N–H and O–H groups in total. The number of nitrogen functional groups attached to an aromatic ring is 1. The molecule has 0 bridgehead atoms. The lowest BCUT2D eigenvalue weighted by molar-refractivity contribution is 0.184. The second-order valence-electron chi connectivity index (χ2n) is 6.91. The molecule has 6 nitrogen and oxygen atoms in total. The molecule has 8 heteroatoms. The third-order valence-corrected chi connectivity index (χ3v) is 7.32. The number of anilines is 1. The summed E-state index contributed by atoms with van der Waals surface area (Å²) in [4.78, 5) is 16.6. The number of aryl methyl sites for hydroxylation is 3. The number of rotatable bonds is 6. The van der Waals surface area contributed by atoms with Crippen molar-refractivity contribution in [3.8, 4) is 0 Å². The molecule has 0 saturated heterocycles. The van der Waals surface area contributed by atoms with Gasteiger partial charge in [-0.05, 0) is 45.1 Å². The highest BCUT2D eigenvalue weighted by atomic mass is 32.2. The number of aromatic nitrogens is 4. The number of thiophene rings is 1. The lowest BCUT2D eigenvalue weighted by atomic mass is 9.97. The van der Waals surface area contributed by atoms with Gasteiger partial charge in [0.2, 0.25) is 0 Å². The number of fused-ring (bicyclic) bond motifs is 3. The first-order valence-corrected chi connectivity index (χ1v) is 11.1. The summed E-state index contributed by atoms with van der Waals surface area (Å²) in [5, 5.41) is 2.08. The Morgan fingerprint density at radius 1 is 1.19 bits per heavy atom. The average molecular weight is 404 g/mol. The zero-order valence-electron chi connectivity index (χ0n) is 16.0. The third kappa shape index (κ3) is 3.58. The number of ether oxygens (including phenoxy) is 1. The molecule has 3 aromatic heterocycles. The number of methoxy groups -OCH3 is 1. The molecular weight excluding hydrogens is 378 g/mol. The SMILES string of the molecule is COCCn1c(SCc2nc(N)c3c4c(sc3n2)CCCC4)nc(C)c1C. The van der Waals surface area contributed by atoms with Crippen molar-refractivity contribution >= 4 is 39.1 Å². The molecule has 27 heavy (non-hydrogen) atoms. The summed E-state index contributed by atoms with van der Waals surface area (Å²) in [7, 11) is 1.72. The van der Waals surface area contributed by atoms with Crippen molar-refractivity contribution < 1.29 is 4.74 Å². The van der Waals surface area contributed by atoms with Crippen molar-refractivity contribution in [3.05, 3.63) is 27.7 Å². The molecule has 0 saturated carbocycles. The second-order valence-corrected chi connectivity index (χ2v) is 8.94. The van der Waals surface area contributed by atoms with Crippen LogP contribution in [0.5, 0.6) is 0 Å². The monoisotopic (exact) mass is 403 g/mol. The maximum atomic E-state index is 6.33. The van der Waals surface area contributed by atoms with E-state index in [1.54, 1.807) is 30.2 Å². The Morgan fingerprint density at radius 2 is 2.00 bits per heavy atom. The van der Waals surface area contributed by atoms with Crippen LogP contribution in [0.2, 0.25) is 0 Å². The molecule has 0 radical (unpaired) electrons. The van der Waals surface area contributed by atoms with Crippen LogP contribution in [-0.4, -0.2) is 33.2 Å². The van der Waals surface area contributed by atoms with Crippen molar-refractivity contribution in [1.29, 1.82) is 0 Å². The molecule has 0 aliphatic heterocycles. The molecule has 0 spiro atoms. The van der Waals surface area contributed by atoms with E-state index < -0.39 is 0 Å². The van der Waals surface area contributed by atoms with Gasteiger partial charge in [-0.1, -0.05) is 11.8 Å². The van der Waals surface area contributed by atoms with Crippen LogP contribution in [0.15, 0.2) is 5.16 Å². The highest BCUT2D eigenvalue weighted by Crippen LogP contribution is 2.38. The second kappa shape index (κ2) is 7.77. The van der Waals surface area contributed by atoms with Crippen molar-refractivity contribution in [2.75, 3.05) is 19.5 Å². The zero-order valence-corrected chi connectivity index (χ0v) is 17.7. The summed E-state index contributed by atoms with van der Waals surface area (Å²) in [6.07, 6.45) is 4.75. The van der Waals surface area contributed by atoms with Gasteiger partial charge in [0, 0.05) is 24.2 Å². The van der Waals surface area contributed by atoms with Crippen LogP contribution in [0.1, 0.15) is 40.5 Å². The summed E-state index contributed by atoms with van der Waals surface area (Å²) in [6.45, 7) is 5.60. The molecule has 0 amide bonds. The van der Waals surface area contributed by atoms with Crippen LogP contribution in [0.25, 0.3) is 10.2 Å². The number of nitrogens with zero attached hydrogens (tertiary/aromatic N) is 4. The smallest absolute Gasteiger partial charge is 0.168 e. The molecule has 0 atom stereocenters. The third-order valence-electron chi connectivity index (χ3n) is 5.16. The average Bonchev–Trinajstić information content (AvgIpc) is 3.16. The Balaban J connectivity index is 1.59. The van der Waals surface area contributed by atoms with E-state index >= 15 is 0 Å². The zero-order chi connectivity index (χ0) is 19.0. The summed E-state index contributed by atoms with van der Waals surface area (Å²) in [6, 6.07) is 0. The van der Waals surface area contributed by atoms with Crippen molar-refractivity contribution in [1.82, 2.24) is 19.5 Å². The van der Waals surface area contributed by atoms with E-state index in [1.165, 1.54) is 29.0 Å². The minimum Gasteiger partial charge on any atom is -0.383 e. The van der Waals surface area contributed by atoms with Gasteiger partial charge in [-0.25, -0.2) is 15.0 Å². The molecule has 3 aromatic rings. The fourth-order valence-electron chi connectivity index (χ4n) is 3.60. The number of hydrogen-bond donors (Lipinski definition) is 1. The first-order chi connectivity index (χ1) is 13.1. The molecule has 144 valence electrons. The highest BCUT2D eigenvalue weighted by Gasteiger charge is 2.20. The van der Waals surface area contributed by atoms with Crippen LogP contribution in [0.4, 0.5) is 5.82 Å². The number of thioether (sulfide) groups is 1. The molecule has 0 aromatic carbocycles. The van der Waals surface area contributed by atoms with Gasteiger partial charge in [0.05, 0.1) is 23.4 Å². The van der Waals surface area contributed by atoms with Crippen LogP contribution in [0.3, 0.4) is 0 Å². The van der Waals surface area contributed by atoms with Gasteiger partial charge in [-0.3, -0.25) is 0 Å². The van der Waals surface area contributed by atoms with Gasteiger partial charge in [0.25, 0.3) is 0 Å². The van der Waals surface area contributed by atoms with Crippen molar-refractivity contribution in [3.63, 3.8) is 0 Å². The van der Waals surface area contributed by atoms with Gasteiger partial charge in [-0.15, -0.1) is 11.3 Å². The Hall–Kier alpha value is -1.64. The van der Waals surface area contributed by atoms with Gasteiger partial charge < -0.3 is 15.0 Å². The van der Waals surface area contributed by atoms with E-state index in [2.05, 4.69) is 16.5 Å². The van der Waals surface area contributed by atoms with Crippen LogP contribution in [0, 0.1) is 13.8 Å². The maximum Gasteiger partial charge on any atom is 0.168 e. The molecule has 3 heterocycles. The molecule has 0 unspecified atom stereocenters. The first kappa shape index (κ1) is 18.7. The fourth-order valence-corrected chi connectivity index (χ4v) is 5.87. The summed E-state index contributed by atoms with van der Waals surface area (Å²) >= 11 is 3.45. The van der Waals surface area contributed by atoms with E-state index in [0.29, 0.717) is 18.2 Å². The predicted octanol–water partition coefficient (Wildman–Crippen LogP) is 3.90. The number of hydrogen-bond acceptors (Lipinski definition) is 7. The molecule has 1 aliphatic rings. The van der Waals surface area contributed by atoms with E-state index in [1.807, 2.05) is 6.92 Å². The van der Waals surface area contributed by atoms with Crippen LogP contribution < -0.4 is 5.73 Å². The predicted molar refractivity (Wildman–Crippen MR) is 112 cm³/mol. The Labute approximate surface area is 167 Å². The van der Waals surface area contributed by atoms with Gasteiger partial charge in [-0.2, -0.15) is 0 Å². The van der Waals surface area contributed by atoms with E-state index in [-0.39, 0.29) is 0 Å². The number of imidazole rings is 1. The van der Waals surface area contributed by atoms with Gasteiger partial charge in [0.15, 0.2) is 5.16 Å². The van der Waals surface area contributed by atoms with E-state index in [0.717, 1.165) is 46.3 Å². The van der Waals surface area contributed by atoms with E-state index in [9.17, 15) is 0 Å². The quantitative estimate of drug-likeness (QED) is 0.629. The molecular formula is C19H25N5OS2. The standard InChI is InChI=1S/C19H25N5OS2/c1-11-12(2)24(8-9-25-3)19(21-11)26-10-15-22-17(20)16-13-6-4-5-7-14(13)27-18(16)23-15/h4-10H2,1-3H3,(H2,20,22,23). The summed E-state index contributed by atoms with van der Waals surface area (Å²) < 4.78 is 7.44. The Morgan fingerprint density at radius 3 is 2.81 bits per heavy atom. The Bertz CT molecular complexity index is 979. The van der Waals surface area contributed by atoms with Crippen molar-refractivity contribution in [2.45, 2.75) is 57.0 Å². The Kier molecular flexibility index (Phi) is 5.39. The normalized spacial score (nSPS) is 14.0. The highest BCUT2D eigenvalue weighted by molar-refractivity contribution is 7.98. The van der Waals surface area contributed by atoms with Crippen LogP contribution in [-0.2, 0) is 29.9 Å². The first-order valence-electron chi connectivity index (χ1n) is 9.30. The summed E-state index contributed by atoms with van der Waals surface area (Å²) in [5.74, 6) is 2.07. The molecule has 4 rings (SSSR count). The lowest BCUT2D eigenvalue weighted by Gasteiger charge is -2.11. The number of nitrogens with two attached hydrogens (primary N) is 1. The molecule has 0 fully saturated rings. The van der Waals surface area contributed by atoms with Gasteiger partial charge >= 0.3 is 0 Å². The fraction of sp³-hybridized carbons (Fsp3) is 0.526. The minimum absolute atomic E-state index is 0.630.